The highest BCUT2D eigenvalue weighted by molar-refractivity contribution is 5.18. The second kappa shape index (κ2) is 7.73. The van der Waals surface area contributed by atoms with Gasteiger partial charge < -0.3 is 15.1 Å². The van der Waals surface area contributed by atoms with Crippen LogP contribution in [-0.4, -0.2) is 50.6 Å². The van der Waals surface area contributed by atoms with Gasteiger partial charge in [0.15, 0.2) is 0 Å². The summed E-state index contributed by atoms with van der Waals surface area (Å²) in [6.07, 6.45) is 4.72. The third-order valence-electron chi connectivity index (χ3n) is 4.65. The first kappa shape index (κ1) is 16.2. The van der Waals surface area contributed by atoms with Gasteiger partial charge >= 0.3 is 0 Å². The van der Waals surface area contributed by atoms with Crippen LogP contribution in [0.1, 0.15) is 24.5 Å². The lowest BCUT2D eigenvalue weighted by Crippen LogP contribution is -2.41. The zero-order chi connectivity index (χ0) is 16.1. The van der Waals surface area contributed by atoms with Crippen molar-refractivity contribution in [1.82, 2.24) is 14.7 Å². The summed E-state index contributed by atoms with van der Waals surface area (Å²) in [6.45, 7) is 3.03. The van der Waals surface area contributed by atoms with Crippen molar-refractivity contribution in [2.24, 2.45) is 5.92 Å². The molecule has 0 aliphatic carbocycles. The number of likely N-dealkylation sites (tertiary alicyclic amines) is 1. The third-order valence-corrected chi connectivity index (χ3v) is 4.65. The molecule has 124 valence electrons. The van der Waals surface area contributed by atoms with Crippen LogP contribution in [0.4, 0.5) is 0 Å². The molecule has 5 nitrogen and oxygen atoms in total. The molecule has 2 aromatic rings. The molecule has 3 rings (SSSR count). The van der Waals surface area contributed by atoms with Gasteiger partial charge in [0.05, 0.1) is 18.8 Å². The normalized spacial score (nSPS) is 19.6. The van der Waals surface area contributed by atoms with Crippen molar-refractivity contribution in [3.05, 3.63) is 54.4 Å². The van der Waals surface area contributed by atoms with Crippen LogP contribution in [0.25, 0.3) is 0 Å². The molecule has 1 aromatic heterocycles. The second-order valence-corrected chi connectivity index (χ2v) is 6.38. The van der Waals surface area contributed by atoms with Crippen molar-refractivity contribution < 1.29 is 10.2 Å². The molecule has 23 heavy (non-hydrogen) atoms. The molecule has 2 heterocycles. The number of hydrogen-bond acceptors (Lipinski definition) is 4. The number of piperidine rings is 1. The van der Waals surface area contributed by atoms with E-state index in [2.05, 4.69) is 10.00 Å². The maximum atomic E-state index is 10.5. The molecule has 1 aliphatic rings. The minimum Gasteiger partial charge on any atom is -0.390 e. The van der Waals surface area contributed by atoms with Crippen molar-refractivity contribution in [2.75, 3.05) is 19.6 Å². The van der Waals surface area contributed by atoms with Crippen LogP contribution < -0.4 is 0 Å². The summed E-state index contributed by atoms with van der Waals surface area (Å²) in [4.78, 5) is 2.28. The van der Waals surface area contributed by atoms with Crippen molar-refractivity contribution in [3.63, 3.8) is 0 Å². The summed E-state index contributed by atoms with van der Waals surface area (Å²) in [5.74, 6) is 0.303. The Hall–Kier alpha value is -1.69. The SMILES string of the molecule is OC(CN1CCC(C(O)c2ccccc2)CC1)Cn1cccn1. The molecular weight excluding hydrogens is 290 g/mol. The van der Waals surface area contributed by atoms with E-state index in [1.165, 1.54) is 0 Å². The number of benzene rings is 1. The molecule has 1 saturated heterocycles. The quantitative estimate of drug-likeness (QED) is 0.851. The lowest BCUT2D eigenvalue weighted by Gasteiger charge is -2.35. The lowest BCUT2D eigenvalue weighted by atomic mass is 9.87. The summed E-state index contributed by atoms with van der Waals surface area (Å²) in [7, 11) is 0. The van der Waals surface area contributed by atoms with Crippen LogP contribution >= 0.6 is 0 Å². The Morgan fingerprint density at radius 2 is 1.78 bits per heavy atom. The van der Waals surface area contributed by atoms with E-state index in [4.69, 9.17) is 0 Å². The van der Waals surface area contributed by atoms with E-state index in [1.54, 1.807) is 10.9 Å². The van der Waals surface area contributed by atoms with E-state index in [-0.39, 0.29) is 6.10 Å². The number of aromatic nitrogens is 2. The first-order valence-electron chi connectivity index (χ1n) is 8.33. The number of rotatable bonds is 6. The van der Waals surface area contributed by atoms with E-state index < -0.39 is 6.10 Å². The number of aliphatic hydroxyl groups excluding tert-OH is 2. The van der Waals surface area contributed by atoms with Gasteiger partial charge in [0.25, 0.3) is 0 Å². The predicted octanol–water partition coefficient (Wildman–Crippen LogP) is 1.69. The average molecular weight is 315 g/mol. The van der Waals surface area contributed by atoms with Crippen LogP contribution in [0.15, 0.2) is 48.8 Å². The Kier molecular flexibility index (Phi) is 5.43. The molecule has 1 aromatic carbocycles. The Morgan fingerprint density at radius 3 is 2.43 bits per heavy atom. The molecule has 0 bridgehead atoms. The molecule has 0 saturated carbocycles. The van der Waals surface area contributed by atoms with Gasteiger partial charge in [-0.1, -0.05) is 30.3 Å². The summed E-state index contributed by atoms with van der Waals surface area (Å²) in [5.41, 5.74) is 1.00. The fourth-order valence-electron chi connectivity index (χ4n) is 3.35. The maximum absolute atomic E-state index is 10.5. The van der Waals surface area contributed by atoms with E-state index in [0.717, 1.165) is 31.5 Å². The zero-order valence-electron chi connectivity index (χ0n) is 13.3. The first-order chi connectivity index (χ1) is 11.2. The van der Waals surface area contributed by atoms with Gasteiger partial charge in [0, 0.05) is 18.9 Å². The second-order valence-electron chi connectivity index (χ2n) is 6.38. The fraction of sp³-hybridized carbons (Fsp3) is 0.500. The standard InChI is InChI=1S/C18H25N3O2/c22-17(14-21-10-4-9-19-21)13-20-11-7-16(8-12-20)18(23)15-5-2-1-3-6-15/h1-6,9-10,16-18,22-23H,7-8,11-14H2. The minimum absolute atomic E-state index is 0.303. The summed E-state index contributed by atoms with van der Waals surface area (Å²) < 4.78 is 1.76. The zero-order valence-corrected chi connectivity index (χ0v) is 13.3. The highest BCUT2D eigenvalue weighted by Crippen LogP contribution is 2.30. The van der Waals surface area contributed by atoms with E-state index in [9.17, 15) is 10.2 Å². The molecule has 1 aliphatic heterocycles. The molecule has 2 unspecified atom stereocenters. The average Bonchev–Trinajstić information content (AvgIpc) is 3.08. The monoisotopic (exact) mass is 315 g/mol. The first-order valence-corrected chi connectivity index (χ1v) is 8.33. The van der Waals surface area contributed by atoms with Crippen molar-refractivity contribution in [3.8, 4) is 0 Å². The third kappa shape index (κ3) is 4.41. The lowest BCUT2D eigenvalue weighted by molar-refractivity contribution is 0.0358. The van der Waals surface area contributed by atoms with Crippen LogP contribution in [0.2, 0.25) is 0 Å². The molecule has 5 heteroatoms. The fourth-order valence-corrected chi connectivity index (χ4v) is 3.35. The summed E-state index contributed by atoms with van der Waals surface area (Å²) >= 11 is 0. The van der Waals surface area contributed by atoms with Crippen LogP contribution in [0.3, 0.4) is 0 Å². The van der Waals surface area contributed by atoms with E-state index in [1.807, 2.05) is 42.6 Å². The van der Waals surface area contributed by atoms with Gasteiger partial charge in [-0.05, 0) is 43.5 Å². The van der Waals surface area contributed by atoms with Gasteiger partial charge in [0.2, 0.25) is 0 Å². The Labute approximate surface area is 137 Å². The van der Waals surface area contributed by atoms with Crippen molar-refractivity contribution >= 4 is 0 Å². The topological polar surface area (TPSA) is 61.5 Å². The van der Waals surface area contributed by atoms with E-state index in [0.29, 0.717) is 19.0 Å². The molecule has 0 radical (unpaired) electrons. The Morgan fingerprint density at radius 1 is 1.04 bits per heavy atom. The smallest absolute Gasteiger partial charge is 0.0862 e. The largest absolute Gasteiger partial charge is 0.390 e. The molecule has 2 atom stereocenters. The van der Waals surface area contributed by atoms with E-state index >= 15 is 0 Å². The molecule has 0 spiro atoms. The van der Waals surface area contributed by atoms with Gasteiger partial charge in [-0.2, -0.15) is 5.10 Å². The van der Waals surface area contributed by atoms with Gasteiger partial charge in [-0.25, -0.2) is 0 Å². The number of β-amino-alcohol motifs (C(OH)–C–C–N with tert-alkyl or cyclic N) is 1. The highest BCUT2D eigenvalue weighted by Gasteiger charge is 2.26. The predicted molar refractivity (Wildman–Crippen MR) is 88.8 cm³/mol. The Bertz CT molecular complexity index is 565. The molecule has 1 fully saturated rings. The minimum atomic E-state index is -0.412. The maximum Gasteiger partial charge on any atom is 0.0862 e. The van der Waals surface area contributed by atoms with Gasteiger partial charge in [-0.3, -0.25) is 4.68 Å². The van der Waals surface area contributed by atoms with Crippen molar-refractivity contribution in [2.45, 2.75) is 31.6 Å². The van der Waals surface area contributed by atoms with Crippen LogP contribution in [0, 0.1) is 5.92 Å². The number of nitrogens with zero attached hydrogens (tertiary/aromatic N) is 3. The van der Waals surface area contributed by atoms with Crippen LogP contribution in [0.5, 0.6) is 0 Å². The van der Waals surface area contributed by atoms with Gasteiger partial charge in [0.1, 0.15) is 0 Å². The summed E-state index contributed by atoms with van der Waals surface area (Å²) in [5, 5.41) is 24.8. The summed E-state index contributed by atoms with van der Waals surface area (Å²) in [6, 6.07) is 11.8. The number of hydrogen-bond donors (Lipinski definition) is 2. The molecule has 0 amide bonds. The van der Waals surface area contributed by atoms with Gasteiger partial charge in [-0.15, -0.1) is 0 Å². The Balaban J connectivity index is 1.45. The van der Waals surface area contributed by atoms with Crippen molar-refractivity contribution in [1.29, 1.82) is 0 Å². The molecular formula is C18H25N3O2. The highest BCUT2D eigenvalue weighted by atomic mass is 16.3. The molecule has 2 N–H and O–H groups in total. The number of aliphatic hydroxyl groups is 2. The van der Waals surface area contributed by atoms with Crippen LogP contribution in [-0.2, 0) is 6.54 Å².